The summed E-state index contributed by atoms with van der Waals surface area (Å²) in [6, 6.07) is 12.9. The van der Waals surface area contributed by atoms with E-state index in [1.807, 2.05) is 49.4 Å². The molecule has 0 aliphatic rings. The molecule has 2 aromatic rings. The second kappa shape index (κ2) is 5.21. The molecule has 1 N–H and O–H groups in total. The van der Waals surface area contributed by atoms with Crippen LogP contribution in [0.2, 0.25) is 5.02 Å². The molecule has 2 nitrogen and oxygen atoms in total. The number of aryl methyl sites for hydroxylation is 1. The monoisotopic (exact) mass is 248 g/mol. The Hall–Kier alpha value is -1.51. The molecule has 3 heteroatoms. The van der Waals surface area contributed by atoms with Gasteiger partial charge in [0.1, 0.15) is 11.5 Å². The summed E-state index contributed by atoms with van der Waals surface area (Å²) >= 11 is 6.09. The lowest BCUT2D eigenvalue weighted by Gasteiger charge is -2.11. The molecule has 88 valence electrons. The van der Waals surface area contributed by atoms with Crippen LogP contribution >= 0.6 is 11.6 Å². The number of benzene rings is 2. The highest BCUT2D eigenvalue weighted by Crippen LogP contribution is 2.31. The summed E-state index contributed by atoms with van der Waals surface area (Å²) in [7, 11) is 0. The zero-order chi connectivity index (χ0) is 12.3. The van der Waals surface area contributed by atoms with Crippen LogP contribution in [0.15, 0.2) is 42.5 Å². The third-order valence-electron chi connectivity index (χ3n) is 2.45. The van der Waals surface area contributed by atoms with E-state index in [9.17, 15) is 5.11 Å². The van der Waals surface area contributed by atoms with E-state index in [4.69, 9.17) is 16.3 Å². The Morgan fingerprint density at radius 3 is 2.59 bits per heavy atom. The van der Waals surface area contributed by atoms with Crippen molar-refractivity contribution in [2.45, 2.75) is 13.5 Å². The summed E-state index contributed by atoms with van der Waals surface area (Å²) in [5, 5.41) is 9.76. The molecular formula is C14H13ClO2. The maximum absolute atomic E-state index is 9.20. The molecule has 0 amide bonds. The smallest absolute Gasteiger partial charge is 0.146 e. The van der Waals surface area contributed by atoms with Crippen molar-refractivity contribution in [2.24, 2.45) is 0 Å². The molecular weight excluding hydrogens is 236 g/mol. The number of halogens is 1. The summed E-state index contributed by atoms with van der Waals surface area (Å²) in [5.74, 6) is 1.22. The summed E-state index contributed by atoms with van der Waals surface area (Å²) in [6.45, 7) is 1.91. The lowest BCUT2D eigenvalue weighted by atomic mass is 10.2. The van der Waals surface area contributed by atoms with Crippen LogP contribution in [0.5, 0.6) is 11.5 Å². The van der Waals surface area contributed by atoms with E-state index in [1.54, 1.807) is 0 Å². The van der Waals surface area contributed by atoms with Gasteiger partial charge in [-0.2, -0.15) is 0 Å². The number of ether oxygens (including phenoxy) is 1. The van der Waals surface area contributed by atoms with Crippen LogP contribution in [-0.4, -0.2) is 5.11 Å². The van der Waals surface area contributed by atoms with Gasteiger partial charge in [-0.3, -0.25) is 0 Å². The minimum atomic E-state index is -0.0559. The van der Waals surface area contributed by atoms with Crippen molar-refractivity contribution < 1.29 is 9.84 Å². The Morgan fingerprint density at radius 1 is 1.12 bits per heavy atom. The van der Waals surface area contributed by atoms with Gasteiger partial charge in [0.25, 0.3) is 0 Å². The van der Waals surface area contributed by atoms with Crippen molar-refractivity contribution in [1.82, 2.24) is 0 Å². The second-order valence-electron chi connectivity index (χ2n) is 3.80. The third kappa shape index (κ3) is 2.78. The van der Waals surface area contributed by atoms with Crippen LogP contribution in [0, 0.1) is 6.92 Å². The number of aliphatic hydroxyl groups is 1. The van der Waals surface area contributed by atoms with Crippen molar-refractivity contribution in [3.05, 3.63) is 58.6 Å². The van der Waals surface area contributed by atoms with Crippen molar-refractivity contribution in [3.8, 4) is 11.5 Å². The largest absolute Gasteiger partial charge is 0.455 e. The minimum Gasteiger partial charge on any atom is -0.455 e. The Balaban J connectivity index is 2.31. The lowest BCUT2D eigenvalue weighted by molar-refractivity contribution is 0.276. The first kappa shape index (κ1) is 12.0. The van der Waals surface area contributed by atoms with E-state index in [1.165, 1.54) is 0 Å². The van der Waals surface area contributed by atoms with Crippen LogP contribution in [0.25, 0.3) is 0 Å². The third-order valence-corrected chi connectivity index (χ3v) is 2.75. The van der Waals surface area contributed by atoms with E-state index < -0.39 is 0 Å². The zero-order valence-electron chi connectivity index (χ0n) is 9.48. The van der Waals surface area contributed by atoms with Crippen LogP contribution in [0.1, 0.15) is 11.1 Å². The molecule has 0 radical (unpaired) electrons. The predicted molar refractivity (Wildman–Crippen MR) is 68.6 cm³/mol. The molecule has 0 atom stereocenters. The van der Waals surface area contributed by atoms with E-state index in [0.29, 0.717) is 16.5 Å². The average Bonchev–Trinajstić information content (AvgIpc) is 2.33. The fourth-order valence-corrected chi connectivity index (χ4v) is 1.81. The summed E-state index contributed by atoms with van der Waals surface area (Å²) in [5.41, 5.74) is 1.82. The lowest BCUT2D eigenvalue weighted by Crippen LogP contribution is -1.92. The zero-order valence-corrected chi connectivity index (χ0v) is 10.2. The average molecular weight is 249 g/mol. The van der Waals surface area contributed by atoms with Crippen molar-refractivity contribution in [2.75, 3.05) is 0 Å². The molecule has 0 aliphatic heterocycles. The van der Waals surface area contributed by atoms with Crippen molar-refractivity contribution in [3.63, 3.8) is 0 Å². The first-order chi connectivity index (χ1) is 8.20. The van der Waals surface area contributed by atoms with Gasteiger partial charge >= 0.3 is 0 Å². The quantitative estimate of drug-likeness (QED) is 0.892. The molecule has 0 unspecified atom stereocenters. The predicted octanol–water partition coefficient (Wildman–Crippen LogP) is 3.93. The normalized spacial score (nSPS) is 10.3. The number of rotatable bonds is 3. The Bertz CT molecular complexity index is 523. The highest BCUT2D eigenvalue weighted by molar-refractivity contribution is 6.32. The highest BCUT2D eigenvalue weighted by atomic mass is 35.5. The molecule has 0 aromatic heterocycles. The van der Waals surface area contributed by atoms with Gasteiger partial charge in [0.2, 0.25) is 0 Å². The van der Waals surface area contributed by atoms with Crippen LogP contribution < -0.4 is 4.74 Å². The van der Waals surface area contributed by atoms with Crippen LogP contribution in [0.3, 0.4) is 0 Å². The molecule has 0 aliphatic carbocycles. The molecule has 0 heterocycles. The highest BCUT2D eigenvalue weighted by Gasteiger charge is 2.06. The van der Waals surface area contributed by atoms with Gasteiger partial charge in [-0.1, -0.05) is 35.9 Å². The van der Waals surface area contributed by atoms with E-state index in [0.717, 1.165) is 11.1 Å². The van der Waals surface area contributed by atoms with Gasteiger partial charge in [-0.05, 0) is 30.7 Å². The van der Waals surface area contributed by atoms with E-state index >= 15 is 0 Å². The van der Waals surface area contributed by atoms with Crippen molar-refractivity contribution >= 4 is 11.6 Å². The van der Waals surface area contributed by atoms with Crippen LogP contribution in [-0.2, 0) is 6.61 Å². The fraction of sp³-hybridized carbons (Fsp3) is 0.143. The van der Waals surface area contributed by atoms with Gasteiger partial charge in [0, 0.05) is 5.56 Å². The number of para-hydroxylation sites is 1. The van der Waals surface area contributed by atoms with Gasteiger partial charge in [-0.25, -0.2) is 0 Å². The molecule has 0 spiro atoms. The van der Waals surface area contributed by atoms with Crippen molar-refractivity contribution in [1.29, 1.82) is 0 Å². The maximum Gasteiger partial charge on any atom is 0.146 e. The molecule has 2 rings (SSSR count). The Kier molecular flexibility index (Phi) is 3.67. The van der Waals surface area contributed by atoms with Gasteiger partial charge < -0.3 is 9.84 Å². The first-order valence-corrected chi connectivity index (χ1v) is 5.71. The number of aliphatic hydroxyl groups excluding tert-OH is 1. The molecule has 0 fully saturated rings. The summed E-state index contributed by atoms with van der Waals surface area (Å²) in [4.78, 5) is 0. The fourth-order valence-electron chi connectivity index (χ4n) is 1.54. The molecule has 0 bridgehead atoms. The molecule has 0 saturated heterocycles. The second-order valence-corrected chi connectivity index (χ2v) is 4.21. The first-order valence-electron chi connectivity index (χ1n) is 5.33. The maximum atomic E-state index is 9.20. The molecule has 0 saturated carbocycles. The standard InChI is InChI=1S/C14H13ClO2/c1-10-6-7-14(12(15)8-10)17-13-5-3-2-4-11(13)9-16/h2-8,16H,9H2,1H3. The summed E-state index contributed by atoms with van der Waals surface area (Å²) in [6.07, 6.45) is 0. The van der Waals surface area contributed by atoms with Gasteiger partial charge in [0.15, 0.2) is 0 Å². The van der Waals surface area contributed by atoms with Gasteiger partial charge in [-0.15, -0.1) is 0 Å². The Labute approximate surface area is 105 Å². The van der Waals surface area contributed by atoms with Crippen LogP contribution in [0.4, 0.5) is 0 Å². The molecule has 2 aromatic carbocycles. The Morgan fingerprint density at radius 2 is 1.88 bits per heavy atom. The van der Waals surface area contributed by atoms with Gasteiger partial charge in [0.05, 0.1) is 11.6 Å². The van der Waals surface area contributed by atoms with E-state index in [2.05, 4.69) is 0 Å². The van der Waals surface area contributed by atoms with E-state index in [-0.39, 0.29) is 6.61 Å². The topological polar surface area (TPSA) is 29.5 Å². The minimum absolute atomic E-state index is 0.0559. The number of hydrogen-bond donors (Lipinski definition) is 1. The number of hydrogen-bond acceptors (Lipinski definition) is 2. The SMILES string of the molecule is Cc1ccc(Oc2ccccc2CO)c(Cl)c1. The molecule has 17 heavy (non-hydrogen) atoms. The summed E-state index contributed by atoms with van der Waals surface area (Å²) < 4.78 is 5.69.